The summed E-state index contributed by atoms with van der Waals surface area (Å²) in [6, 6.07) is 6.16. The van der Waals surface area contributed by atoms with Crippen molar-refractivity contribution in [1.29, 1.82) is 0 Å². The Labute approximate surface area is 385 Å². The average Bonchev–Trinajstić information content (AvgIpc) is 4.14. The zero-order valence-corrected chi connectivity index (χ0v) is 38.5. The summed E-state index contributed by atoms with van der Waals surface area (Å²) in [5.41, 5.74) is 2.43. The fourth-order valence-electron chi connectivity index (χ4n) is 6.74. The molecule has 0 aliphatic rings. The third-order valence-corrected chi connectivity index (χ3v) is 15.5. The van der Waals surface area contributed by atoms with E-state index in [2.05, 4.69) is 50.8 Å². The van der Waals surface area contributed by atoms with Gasteiger partial charge in [0, 0.05) is 77.8 Å². The van der Waals surface area contributed by atoms with Crippen LogP contribution in [0.3, 0.4) is 0 Å². The van der Waals surface area contributed by atoms with E-state index in [0.717, 1.165) is 39.1 Å². The number of carbonyl (C=O) groups is 2. The SMILES string of the molecule is C.CN(C)S(=O)(=O)n1ccc(Cn2ncc3c4sc(C(=O)c5ccn(S(=O)(=O)N(C)C)n5)nc4n(C)c3c2=O)n1.Cn1c2nc(C(=O)c3ccn[nH]3)sc2c2cnn(Cc3ccn[nH]3)c(=O)c21. The molecule has 26 nitrogen and oxygen atoms in total. The molecule has 0 aliphatic carbocycles. The summed E-state index contributed by atoms with van der Waals surface area (Å²) in [4.78, 5) is 60.5. The lowest BCUT2D eigenvalue weighted by Gasteiger charge is -2.10. The summed E-state index contributed by atoms with van der Waals surface area (Å²) >= 11 is 2.28. The standard InChI is InChI=1S/C20H22N10O6S3.C16H12N8O2S.CH4/c1-25(2)38(33,34)29-8-6-12(23-29)11-28-20(32)15-13(10-21-28)17-18(27(15)5)22-19(37-17)16(31)14-7-9-30(24-14)39(35,36)26(3)4;1-23-11-9(6-19-24(16(11)26)7-8-2-4-17-21-8)13-14(23)20-15(27-13)12(25)10-3-5-18-22-10;/h6-10H,11H2,1-5H3;2-6H,7H2,1H3,(H,17,21)(H,18,22);1H4. The van der Waals surface area contributed by atoms with Crippen molar-refractivity contribution < 1.29 is 26.4 Å². The van der Waals surface area contributed by atoms with Gasteiger partial charge < -0.3 is 9.13 Å². The topological polar surface area (TPSA) is 307 Å². The van der Waals surface area contributed by atoms with Crippen molar-refractivity contribution in [2.45, 2.75) is 20.5 Å². The molecule has 0 fully saturated rings. The Balaban J connectivity index is 0.000000190. The van der Waals surface area contributed by atoms with E-state index in [4.69, 9.17) is 0 Å². The molecule has 0 saturated heterocycles. The Kier molecular flexibility index (Phi) is 11.8. The van der Waals surface area contributed by atoms with Crippen LogP contribution in [0, 0.1) is 0 Å². The van der Waals surface area contributed by atoms with Crippen LogP contribution in [-0.2, 0) is 47.6 Å². The Morgan fingerprint density at radius 1 is 0.672 bits per heavy atom. The smallest absolute Gasteiger partial charge is 0.322 e. The van der Waals surface area contributed by atoms with Crippen LogP contribution in [0.5, 0.6) is 0 Å². The first kappa shape index (κ1) is 46.2. The van der Waals surface area contributed by atoms with Gasteiger partial charge in [0.1, 0.15) is 22.4 Å². The van der Waals surface area contributed by atoms with Gasteiger partial charge in [-0.15, -0.1) is 22.7 Å². The van der Waals surface area contributed by atoms with E-state index in [1.165, 1.54) is 81.1 Å². The Bertz CT molecular complexity index is 3880. The second kappa shape index (κ2) is 17.1. The number of nitrogens with zero attached hydrogens (tertiary/aromatic N) is 16. The number of H-pyrrole nitrogens is 2. The summed E-state index contributed by atoms with van der Waals surface area (Å²) in [6.45, 7) is 0.226. The fraction of sp³-hybridized carbons (Fsp3) is 0.243. The van der Waals surface area contributed by atoms with Crippen molar-refractivity contribution in [3.63, 3.8) is 0 Å². The normalized spacial score (nSPS) is 12.2. The highest BCUT2D eigenvalue weighted by atomic mass is 32.2. The number of aryl methyl sites for hydroxylation is 2. The van der Waals surface area contributed by atoms with Gasteiger partial charge in [-0.05, 0) is 24.3 Å². The molecular weight excluding hydrogens is 953 g/mol. The third kappa shape index (κ3) is 7.86. The second-order valence-electron chi connectivity index (χ2n) is 14.7. The van der Waals surface area contributed by atoms with Gasteiger partial charge in [-0.3, -0.25) is 29.4 Å². The van der Waals surface area contributed by atoms with E-state index in [9.17, 15) is 36.0 Å². The molecule has 0 amide bonds. The van der Waals surface area contributed by atoms with Crippen molar-refractivity contribution in [3.8, 4) is 0 Å². The van der Waals surface area contributed by atoms with Crippen molar-refractivity contribution in [1.82, 2.24) is 86.0 Å². The van der Waals surface area contributed by atoms with Crippen LogP contribution in [-0.4, -0.2) is 143 Å². The number of nitrogens with one attached hydrogen (secondary N) is 2. The van der Waals surface area contributed by atoms with E-state index in [-0.39, 0.29) is 36.0 Å². The van der Waals surface area contributed by atoms with Gasteiger partial charge in [0.05, 0.1) is 46.3 Å². The van der Waals surface area contributed by atoms with Gasteiger partial charge in [0.25, 0.3) is 11.1 Å². The molecule has 348 valence electrons. The highest BCUT2D eigenvalue weighted by molar-refractivity contribution is 7.87. The Hall–Kier alpha value is -7.38. The van der Waals surface area contributed by atoms with Crippen LogP contribution in [0.1, 0.15) is 49.8 Å². The molecule has 0 radical (unpaired) electrons. The molecule has 67 heavy (non-hydrogen) atoms. The van der Waals surface area contributed by atoms with Gasteiger partial charge in [-0.25, -0.2) is 19.3 Å². The van der Waals surface area contributed by atoms with Crippen molar-refractivity contribution in [2.75, 3.05) is 28.2 Å². The first-order chi connectivity index (χ1) is 31.4. The number of aromatic nitrogens is 16. The molecule has 10 rings (SSSR count). The average molecular weight is 991 g/mol. The molecule has 10 aromatic heterocycles. The molecule has 0 unspecified atom stereocenters. The summed E-state index contributed by atoms with van der Waals surface area (Å²) in [5, 5.41) is 31.1. The molecule has 0 aromatic carbocycles. The molecular formula is C37H38N18O8S4. The first-order valence-electron chi connectivity index (χ1n) is 19.1. The van der Waals surface area contributed by atoms with Crippen LogP contribution >= 0.6 is 22.7 Å². The number of thiazole rings is 2. The fourth-order valence-corrected chi connectivity index (χ4v) is 10.4. The quantitative estimate of drug-likeness (QED) is 0.162. The molecule has 2 N–H and O–H groups in total. The summed E-state index contributed by atoms with van der Waals surface area (Å²) < 4.78 is 59.7. The van der Waals surface area contributed by atoms with Crippen LogP contribution in [0.15, 0.2) is 71.0 Å². The minimum absolute atomic E-state index is 0. The highest BCUT2D eigenvalue weighted by Crippen LogP contribution is 2.33. The minimum atomic E-state index is -3.88. The molecule has 0 spiro atoms. The lowest BCUT2D eigenvalue weighted by molar-refractivity contribution is 0.102. The largest absolute Gasteiger partial charge is 0.323 e. The van der Waals surface area contributed by atoms with Gasteiger partial charge in [0.15, 0.2) is 21.3 Å². The summed E-state index contributed by atoms with van der Waals surface area (Å²) in [7, 11) is 1.17. The zero-order valence-electron chi connectivity index (χ0n) is 35.2. The maximum absolute atomic E-state index is 13.3. The predicted octanol–water partition coefficient (Wildman–Crippen LogP) is 1.03. The number of carbonyl (C=O) groups excluding carboxylic acids is 2. The number of hydrogen-bond donors (Lipinski definition) is 2. The molecule has 10 heterocycles. The summed E-state index contributed by atoms with van der Waals surface area (Å²) in [5.74, 6) is -0.802. The lowest BCUT2D eigenvalue weighted by Crippen LogP contribution is -2.29. The molecule has 0 atom stereocenters. The van der Waals surface area contributed by atoms with E-state index in [0.29, 0.717) is 64.8 Å². The van der Waals surface area contributed by atoms with Gasteiger partial charge in [0.2, 0.25) is 11.6 Å². The van der Waals surface area contributed by atoms with Crippen molar-refractivity contribution in [3.05, 3.63) is 115 Å². The minimum Gasteiger partial charge on any atom is -0.323 e. The lowest BCUT2D eigenvalue weighted by atomic mass is 10.3. The number of aromatic amines is 2. The van der Waals surface area contributed by atoms with E-state index in [1.807, 2.05) is 0 Å². The molecule has 0 bridgehead atoms. The number of hydrogen-bond acceptors (Lipinski definition) is 18. The maximum atomic E-state index is 13.3. The third-order valence-electron chi connectivity index (χ3n) is 10.2. The highest BCUT2D eigenvalue weighted by Gasteiger charge is 2.26. The molecule has 30 heteroatoms. The monoisotopic (exact) mass is 990 g/mol. The molecule has 10 aromatic rings. The first-order valence-corrected chi connectivity index (χ1v) is 23.5. The van der Waals surface area contributed by atoms with Crippen LogP contribution in [0.4, 0.5) is 0 Å². The van der Waals surface area contributed by atoms with E-state index < -0.39 is 31.8 Å². The molecule has 0 aliphatic heterocycles. The van der Waals surface area contributed by atoms with Crippen LogP contribution in [0.2, 0.25) is 0 Å². The van der Waals surface area contributed by atoms with E-state index in [1.54, 1.807) is 47.8 Å². The maximum Gasteiger partial charge on any atom is 0.322 e. The van der Waals surface area contributed by atoms with Gasteiger partial charge in [-0.1, -0.05) is 7.43 Å². The Morgan fingerprint density at radius 3 is 1.70 bits per heavy atom. The number of rotatable bonds is 12. The van der Waals surface area contributed by atoms with Crippen LogP contribution in [0.25, 0.3) is 42.5 Å². The van der Waals surface area contributed by atoms with Crippen LogP contribution < -0.4 is 11.1 Å². The van der Waals surface area contributed by atoms with Gasteiger partial charge in [-0.2, -0.15) is 64.2 Å². The molecule has 0 saturated carbocycles. The number of ketones is 2. The zero-order chi connectivity index (χ0) is 47.0. The Morgan fingerprint density at radius 2 is 1.18 bits per heavy atom. The summed E-state index contributed by atoms with van der Waals surface area (Å²) in [6.07, 6.45) is 8.71. The van der Waals surface area contributed by atoms with Crippen molar-refractivity contribution >= 4 is 97.2 Å². The number of fused-ring (bicyclic) bond motifs is 6. The van der Waals surface area contributed by atoms with Gasteiger partial charge >= 0.3 is 20.4 Å². The van der Waals surface area contributed by atoms with Crippen molar-refractivity contribution in [2.24, 2.45) is 14.1 Å². The predicted molar refractivity (Wildman–Crippen MR) is 246 cm³/mol. The second-order valence-corrected chi connectivity index (χ2v) is 20.7. The van der Waals surface area contributed by atoms with E-state index >= 15 is 0 Å².